The molecule has 0 unspecified atom stereocenters. The van der Waals surface area contributed by atoms with Crippen LogP contribution in [0.4, 0.5) is 50.4 Å². The molecule has 0 aliphatic rings. The number of fused-ring (bicyclic) bond motifs is 1. The standard InChI is InChI=1S/C25H22BrClFNO3S.C23H16BrClFNO2S.C18H18FNO2S.C11H11BrFNO2.C7H5BrClIO.C7H8S.C6H4BrFIN.C5H8O2.2C2H4O2.Pd/c1-3-32-25(30)10-9-17-11-24(33-15-16-7-5-4-6-8-16)20(28)14-21(17)29-22-13-19(27)18(26)12-23(22)31-2;1-29-21-10-16(24)17(25)11-20(21)27-19-12-18(26)22(9-15(19)7-8-23(27)28)30-13-14-5-3-2-4-6-14;1-2-22-18(21)9-8-14-10-17(15(19)11-16(14)20)23-12-13-6-4-3-5-7-13;1-2-16-11(15)4-3-7-5-8(12)9(13)6-10(7)14;1-11-7-2-4(8)5(9)3-6(7)10;8-6-7-4-2-1-3-5-7;7-3-1-5(9)6(10)2-4(3)8;1-3-5(6)7-4-2;2*1-2(3)4;/h4-14,29H,3,15H2,1-2H3;2-12H,13H2,1H3;3-11H,2,12,20H2,1H3;3-6H,2,14H2,1H3;2-3H,1H3;1-5,8H,6H2;1-2H,10H2;3H,1,4H2,2H3;2*1H3,(H,3,4);/b10-9+;;9-8+;4-3+;;;;;;;. The van der Waals surface area contributed by atoms with Crippen molar-refractivity contribution in [3.8, 4) is 22.9 Å². The Bertz CT molecular complexity index is 6620. The van der Waals surface area contributed by atoms with Gasteiger partial charge in [0.2, 0.25) is 0 Å². The molecule has 0 saturated carbocycles. The average Bonchev–Trinajstić information content (AvgIpc) is 0.758. The van der Waals surface area contributed by atoms with E-state index in [1.165, 1.54) is 126 Å². The third-order valence-electron chi connectivity index (χ3n) is 17.8. The van der Waals surface area contributed by atoms with Gasteiger partial charge in [-0.1, -0.05) is 163 Å². The van der Waals surface area contributed by atoms with Gasteiger partial charge in [-0.3, -0.25) is 19.0 Å². The number of nitrogens with two attached hydrogens (primary N) is 3. The van der Waals surface area contributed by atoms with Gasteiger partial charge in [-0.2, -0.15) is 12.6 Å². The maximum absolute atomic E-state index is 15.0. The number of thioether (sulfide) groups is 3. The third-order valence-corrected chi connectivity index (χ3v) is 28.0. The number of ether oxygens (including phenoxy) is 7. The Morgan fingerprint density at radius 3 is 1.19 bits per heavy atom. The number of benzene rings is 12. The fraction of sp³-hybridized carbons (Fsp3) is 0.160. The monoisotopic (exact) mass is 2780 g/mol. The van der Waals surface area contributed by atoms with Crippen molar-refractivity contribution in [2.75, 3.05) is 70.3 Å². The Morgan fingerprint density at radius 1 is 0.429 bits per heavy atom. The Balaban J connectivity index is 0.000000447. The minimum atomic E-state index is -0.833. The number of carboxylic acids is 2. The molecule has 0 aliphatic carbocycles. The molecule has 21 nitrogen and oxygen atoms in total. The van der Waals surface area contributed by atoms with Crippen LogP contribution in [0.2, 0.25) is 15.1 Å². The number of pyridine rings is 1. The van der Waals surface area contributed by atoms with Gasteiger partial charge in [-0.05, 0) is 313 Å². The molecular weight excluding hydrogens is 2690 g/mol. The number of rotatable bonds is 27. The number of nitrogens with zero attached hydrogens (tertiary/aromatic N) is 1. The molecule has 0 aliphatic heterocycles. The van der Waals surface area contributed by atoms with Crippen LogP contribution in [0, 0.1) is 36.2 Å². The van der Waals surface area contributed by atoms with Gasteiger partial charge in [-0.15, -0.1) is 35.3 Å². The number of thiol groups is 1. The molecule has 13 rings (SSSR count). The van der Waals surface area contributed by atoms with E-state index in [9.17, 15) is 41.5 Å². The van der Waals surface area contributed by atoms with Crippen LogP contribution in [0.15, 0.2) is 303 Å². The summed E-state index contributed by atoms with van der Waals surface area (Å²) in [7, 11) is 4.68. The summed E-state index contributed by atoms with van der Waals surface area (Å²) in [5.74, 6) is -0.737. The third kappa shape index (κ3) is 49.5. The summed E-state index contributed by atoms with van der Waals surface area (Å²) in [6.07, 6.45) is 9.62. The van der Waals surface area contributed by atoms with Gasteiger partial charge in [0.15, 0.2) is 0 Å². The molecule has 0 bridgehead atoms. The van der Waals surface area contributed by atoms with Gasteiger partial charge in [0, 0.05) is 147 Å². The zero-order chi connectivity index (χ0) is 109. The van der Waals surface area contributed by atoms with E-state index >= 15 is 4.39 Å². The first-order valence-electron chi connectivity index (χ1n) is 42.8. The summed E-state index contributed by atoms with van der Waals surface area (Å²) in [5, 5.41) is 20.3. The minimum Gasteiger partial charge on any atom is -0.496 e. The molecule has 147 heavy (non-hydrogen) atoms. The van der Waals surface area contributed by atoms with Crippen molar-refractivity contribution in [2.45, 2.75) is 79.2 Å². The molecule has 0 spiro atoms. The Labute approximate surface area is 966 Å². The summed E-state index contributed by atoms with van der Waals surface area (Å²) >= 11 is 47.0. The van der Waals surface area contributed by atoms with Crippen molar-refractivity contribution in [1.82, 2.24) is 4.57 Å². The number of halogens is 15. The first kappa shape index (κ1) is 132. The fourth-order valence-corrected chi connectivity index (χ4v) is 18.0. The van der Waals surface area contributed by atoms with Gasteiger partial charge in [0.25, 0.3) is 17.5 Å². The predicted molar refractivity (Wildman–Crippen MR) is 621 cm³/mol. The minimum absolute atomic E-state index is 0. The van der Waals surface area contributed by atoms with Crippen molar-refractivity contribution < 1.29 is 115 Å². The molecule has 0 amide bonds. The number of methoxy groups -OCH3 is 3. The molecule has 1 heterocycles. The molecule has 41 heteroatoms. The molecule has 12 aromatic carbocycles. The first-order chi connectivity index (χ1) is 69.5. The molecule has 0 fully saturated rings. The number of carbonyl (C=O) groups excluding carboxylic acids is 4. The number of nitrogens with one attached hydrogen (secondary N) is 1. The summed E-state index contributed by atoms with van der Waals surface area (Å²) < 4.78 is 111. The molecule has 9 N–H and O–H groups in total. The number of nitrogen functional groups attached to an aromatic ring is 3. The second-order valence-electron chi connectivity index (χ2n) is 28.5. The first-order valence-corrected chi connectivity index (χ1v) is 53.7. The maximum Gasteiger partial charge on any atom is 0.330 e. The van der Waals surface area contributed by atoms with Gasteiger partial charge in [0.1, 0.15) is 46.3 Å². The number of anilines is 5. The van der Waals surface area contributed by atoms with E-state index in [1.807, 2.05) is 144 Å². The van der Waals surface area contributed by atoms with Crippen molar-refractivity contribution in [1.29, 1.82) is 0 Å². The topological polar surface area (TPSA) is 320 Å². The normalized spacial score (nSPS) is 10.2. The van der Waals surface area contributed by atoms with Crippen LogP contribution in [0.5, 0.6) is 17.2 Å². The zero-order valence-corrected chi connectivity index (χ0v) is 99.2. The smallest absolute Gasteiger partial charge is 0.330 e. The SMILES string of the molecule is C=CC(=O)OCC.CC(=O)O.CC(=O)O.CCOC(=O)/C=C/c1cc(Br)c(F)cc1N.CCOC(=O)/C=C/c1cc(SCc2ccccc2)c(F)cc1N.CCOC(=O)/C=C/c1cc(SCc2ccccc2)c(F)cc1Nc1cc(Cl)c(Br)cc1OC.COc1cc(Br)c(Cl)cc1-n1c(=O)ccc2cc(SCc3ccccc3)c(F)cc21.COc1cc(Br)c(Cl)cc1I.Nc1cc(F)c(Br)cc1I.SCc1ccccc1.[Pd]. The van der Waals surface area contributed by atoms with E-state index in [1.54, 1.807) is 102 Å². The Hall–Kier alpha value is -9.33. The van der Waals surface area contributed by atoms with Crippen LogP contribution in [0.1, 0.15) is 80.5 Å². The van der Waals surface area contributed by atoms with E-state index in [4.69, 9.17) is 100 Å². The second-order valence-corrected chi connectivity index (χ2v) is 39.6. The van der Waals surface area contributed by atoms with Gasteiger partial charge in [-0.25, -0.2) is 41.1 Å². The van der Waals surface area contributed by atoms with E-state index in [0.717, 1.165) is 65.1 Å². The van der Waals surface area contributed by atoms with Crippen molar-refractivity contribution in [3.05, 3.63) is 384 Å². The molecule has 1 aromatic heterocycles. The number of carboxylic acid groups (broad SMARTS) is 2. The van der Waals surface area contributed by atoms with Gasteiger partial charge >= 0.3 is 23.9 Å². The number of hydrogen-bond donors (Lipinski definition) is 7. The molecule has 13 aromatic rings. The van der Waals surface area contributed by atoms with E-state index in [2.05, 4.69) is 144 Å². The average molecular weight is 2790 g/mol. The zero-order valence-electron chi connectivity index (χ0n) is 79.8. The second kappa shape index (κ2) is 72.2. The Morgan fingerprint density at radius 2 is 0.782 bits per heavy atom. The van der Waals surface area contributed by atoms with E-state index in [0.29, 0.717) is 141 Å². The molecule has 0 saturated heterocycles. The fourth-order valence-electron chi connectivity index (χ4n) is 11.1. The van der Waals surface area contributed by atoms with Crippen molar-refractivity contribution in [3.63, 3.8) is 0 Å². The van der Waals surface area contributed by atoms with Gasteiger partial charge in [0.05, 0.1) is 92.2 Å². The Kier molecular flexibility index (Phi) is 64.7. The maximum atomic E-state index is 15.0. The molecule has 0 radical (unpaired) electrons. The van der Waals surface area contributed by atoms with Crippen LogP contribution in [-0.4, -0.2) is 98.4 Å². The van der Waals surface area contributed by atoms with Crippen LogP contribution in [-0.2, 0) is 91.1 Å². The molecular formula is C106H100Br5Cl3F5I2N5O16PdS4. The largest absolute Gasteiger partial charge is 0.496 e. The van der Waals surface area contributed by atoms with Crippen LogP contribution in [0.3, 0.4) is 0 Å². The number of carbonyl (C=O) groups is 6. The summed E-state index contributed by atoms with van der Waals surface area (Å²) in [6, 6.07) is 68.1. The number of hydrogen-bond acceptors (Lipinski definition) is 22. The summed E-state index contributed by atoms with van der Waals surface area (Å²) in [6.45, 7) is 13.6. The van der Waals surface area contributed by atoms with Crippen LogP contribution < -0.4 is 42.3 Å². The van der Waals surface area contributed by atoms with Crippen molar-refractivity contribution in [2.24, 2.45) is 0 Å². The molecule has 0 atom stereocenters. The van der Waals surface area contributed by atoms with Gasteiger partial charge < -0.3 is 65.9 Å². The van der Waals surface area contributed by atoms with Crippen molar-refractivity contribution >= 4 is 301 Å². The number of aromatic nitrogens is 1. The number of esters is 4. The van der Waals surface area contributed by atoms with Crippen LogP contribution >= 0.6 is 208 Å². The summed E-state index contributed by atoms with van der Waals surface area (Å²) in [5.41, 5.74) is 25.8. The van der Waals surface area contributed by atoms with E-state index < -0.39 is 35.7 Å². The predicted octanol–water partition coefficient (Wildman–Crippen LogP) is 31.3. The number of aliphatic carboxylic acids is 2. The van der Waals surface area contributed by atoms with Crippen LogP contribution in [0.25, 0.3) is 34.8 Å². The van der Waals surface area contributed by atoms with E-state index in [-0.39, 0.29) is 73.2 Å². The molecule has 784 valence electrons. The quantitative estimate of drug-likeness (QED) is 0.00240. The summed E-state index contributed by atoms with van der Waals surface area (Å²) in [4.78, 5) is 76.6.